The maximum absolute atomic E-state index is 13.7. The van der Waals surface area contributed by atoms with Crippen molar-refractivity contribution in [3.05, 3.63) is 48.3 Å². The van der Waals surface area contributed by atoms with Gasteiger partial charge in [0.1, 0.15) is 11.7 Å². The monoisotopic (exact) mass is 284 g/mol. The fourth-order valence-corrected chi connectivity index (χ4v) is 1.82. The van der Waals surface area contributed by atoms with Gasteiger partial charge in [0, 0.05) is 12.6 Å². The van der Waals surface area contributed by atoms with Crippen LogP contribution in [0, 0.1) is 0 Å². The van der Waals surface area contributed by atoms with E-state index in [1.807, 2.05) is 0 Å². The van der Waals surface area contributed by atoms with Gasteiger partial charge in [-0.2, -0.15) is 13.9 Å². The van der Waals surface area contributed by atoms with E-state index in [1.54, 1.807) is 12.2 Å². The van der Waals surface area contributed by atoms with E-state index in [2.05, 4.69) is 11.7 Å². The third kappa shape index (κ3) is 2.38. The molecule has 0 spiro atoms. The number of aromatic nitrogens is 2. The van der Waals surface area contributed by atoms with Crippen molar-refractivity contribution in [1.29, 1.82) is 0 Å². The Hall–Kier alpha value is -2.31. The molecule has 1 heterocycles. The largest absolute Gasteiger partial charge is 0.478 e. The first-order valence-corrected chi connectivity index (χ1v) is 5.73. The predicted molar refractivity (Wildman–Crippen MR) is 66.2 cm³/mol. The van der Waals surface area contributed by atoms with Crippen molar-refractivity contribution < 1.29 is 23.1 Å². The molecule has 1 aromatic heterocycles. The number of halogens is 3. The summed E-state index contributed by atoms with van der Waals surface area (Å²) in [5, 5.41) is 12.5. The molecule has 0 fully saturated rings. The molecule has 1 aliphatic rings. The van der Waals surface area contributed by atoms with Gasteiger partial charge in [-0.05, 0) is 12.2 Å². The maximum Gasteiger partial charge on any atom is 0.339 e. The lowest BCUT2D eigenvalue weighted by Crippen LogP contribution is -2.16. The van der Waals surface area contributed by atoms with Crippen LogP contribution in [-0.2, 0) is 5.92 Å². The van der Waals surface area contributed by atoms with E-state index >= 15 is 0 Å². The summed E-state index contributed by atoms with van der Waals surface area (Å²) < 4.78 is 41.8. The van der Waals surface area contributed by atoms with Crippen molar-refractivity contribution in [2.24, 2.45) is 0 Å². The summed E-state index contributed by atoms with van der Waals surface area (Å²) in [7, 11) is 0. The number of nitrogens with zero attached hydrogens (tertiary/aromatic N) is 2. The number of allylic oxidation sites excluding steroid dienone is 5. The van der Waals surface area contributed by atoms with Gasteiger partial charge in [-0.3, -0.25) is 0 Å². The predicted octanol–water partition coefficient (Wildman–Crippen LogP) is 3.00. The Morgan fingerprint density at radius 3 is 2.85 bits per heavy atom. The minimum atomic E-state index is -3.60. The number of carboxylic acids is 1. The zero-order valence-electron chi connectivity index (χ0n) is 10.3. The molecule has 0 aromatic carbocycles. The molecule has 1 aromatic rings. The second kappa shape index (κ2) is 4.99. The van der Waals surface area contributed by atoms with Crippen molar-refractivity contribution in [1.82, 2.24) is 9.78 Å². The number of hydrogen-bond acceptors (Lipinski definition) is 2. The lowest BCUT2D eigenvalue weighted by Gasteiger charge is -2.14. The summed E-state index contributed by atoms with van der Waals surface area (Å²) in [6, 6.07) is 0. The number of carboxylic acid groups (broad SMARTS) is 1. The molecule has 0 saturated carbocycles. The fourth-order valence-electron chi connectivity index (χ4n) is 1.82. The van der Waals surface area contributed by atoms with Crippen LogP contribution in [0.15, 0.2) is 37.1 Å². The average Bonchev–Trinajstić information content (AvgIpc) is 2.85. The number of rotatable bonds is 4. The van der Waals surface area contributed by atoms with Crippen LogP contribution in [0.5, 0.6) is 0 Å². The van der Waals surface area contributed by atoms with Crippen molar-refractivity contribution in [3.8, 4) is 0 Å². The smallest absolute Gasteiger partial charge is 0.339 e. The van der Waals surface area contributed by atoms with Gasteiger partial charge < -0.3 is 5.11 Å². The molecule has 1 atom stereocenters. The molecule has 0 aliphatic heterocycles. The lowest BCUT2D eigenvalue weighted by atomic mass is 10.1. The molecule has 0 amide bonds. The molecule has 1 unspecified atom stereocenters. The minimum Gasteiger partial charge on any atom is -0.478 e. The van der Waals surface area contributed by atoms with Crippen molar-refractivity contribution in [3.63, 3.8) is 0 Å². The molecule has 20 heavy (non-hydrogen) atoms. The van der Waals surface area contributed by atoms with Crippen LogP contribution in [0.4, 0.5) is 13.2 Å². The van der Waals surface area contributed by atoms with E-state index in [0.29, 0.717) is 6.08 Å². The van der Waals surface area contributed by atoms with E-state index in [-0.39, 0.29) is 12.1 Å². The van der Waals surface area contributed by atoms with Crippen molar-refractivity contribution >= 4 is 11.7 Å². The molecule has 7 heteroatoms. The summed E-state index contributed by atoms with van der Waals surface area (Å²) >= 11 is 0. The lowest BCUT2D eigenvalue weighted by molar-refractivity contribution is 0.0431. The first-order chi connectivity index (χ1) is 9.36. The Bertz CT molecular complexity index is 617. The van der Waals surface area contributed by atoms with Gasteiger partial charge in [0.15, 0.2) is 5.69 Å². The Labute approximate surface area is 112 Å². The van der Waals surface area contributed by atoms with Crippen LogP contribution >= 0.6 is 0 Å². The summed E-state index contributed by atoms with van der Waals surface area (Å²) in [4.78, 5) is 11.0. The van der Waals surface area contributed by atoms with E-state index in [9.17, 15) is 18.0 Å². The zero-order chi connectivity index (χ0) is 14.9. The summed E-state index contributed by atoms with van der Waals surface area (Å²) in [5.74, 6) is -5.16. The van der Waals surface area contributed by atoms with Crippen LogP contribution < -0.4 is 0 Å². The maximum atomic E-state index is 13.7. The molecule has 0 bridgehead atoms. The van der Waals surface area contributed by atoms with Crippen LogP contribution in [0.1, 0.15) is 22.5 Å². The van der Waals surface area contributed by atoms with E-state index < -0.39 is 29.3 Å². The molecule has 0 radical (unpaired) electrons. The summed E-state index contributed by atoms with van der Waals surface area (Å²) in [6.45, 7) is 2.95. The summed E-state index contributed by atoms with van der Waals surface area (Å²) in [5.41, 5.74) is -1.62. The highest BCUT2D eigenvalue weighted by Gasteiger charge is 2.37. The first kappa shape index (κ1) is 14.1. The minimum absolute atomic E-state index is 0.0149. The second-order valence-corrected chi connectivity index (χ2v) is 4.19. The standard InChI is InChI=1S/C13H11F3N2O2/c1-2-13(15,16)11-8(12(19)20)7-18(17-11)10-6-4-3-5-9(10)14/h2-4,6-7,9H,1,5H2,(H,19,20). The number of aromatic carboxylic acids is 1. The third-order valence-corrected chi connectivity index (χ3v) is 2.85. The Balaban J connectivity index is 2.55. The van der Waals surface area contributed by atoms with Crippen LogP contribution in [-0.4, -0.2) is 27.0 Å². The molecule has 106 valence electrons. The topological polar surface area (TPSA) is 55.1 Å². The van der Waals surface area contributed by atoms with Crippen molar-refractivity contribution in [2.45, 2.75) is 18.5 Å². The number of alkyl halides is 3. The van der Waals surface area contributed by atoms with Crippen molar-refractivity contribution in [2.75, 3.05) is 0 Å². The molecule has 2 rings (SSSR count). The quantitative estimate of drug-likeness (QED) is 0.865. The van der Waals surface area contributed by atoms with Gasteiger partial charge in [0.2, 0.25) is 0 Å². The highest BCUT2D eigenvalue weighted by Crippen LogP contribution is 2.32. The van der Waals surface area contributed by atoms with E-state index in [0.717, 1.165) is 10.9 Å². The molecule has 1 N–H and O–H groups in total. The average molecular weight is 284 g/mol. The van der Waals surface area contributed by atoms with Gasteiger partial charge in [0.25, 0.3) is 0 Å². The number of carbonyl (C=O) groups is 1. The van der Waals surface area contributed by atoms with Gasteiger partial charge in [-0.25, -0.2) is 13.9 Å². The highest BCUT2D eigenvalue weighted by atomic mass is 19.3. The number of hydrogen-bond donors (Lipinski definition) is 1. The van der Waals surface area contributed by atoms with Crippen LogP contribution in [0.2, 0.25) is 0 Å². The molecule has 4 nitrogen and oxygen atoms in total. The fraction of sp³-hybridized carbons (Fsp3) is 0.231. The zero-order valence-corrected chi connectivity index (χ0v) is 10.3. The van der Waals surface area contributed by atoms with Crippen LogP contribution in [0.3, 0.4) is 0 Å². The SMILES string of the molecule is C=CC(F)(F)c1nn(C2=CC=CCC2F)cc1C(=O)O. The van der Waals surface area contributed by atoms with Gasteiger partial charge >= 0.3 is 11.9 Å². The first-order valence-electron chi connectivity index (χ1n) is 5.73. The molecular formula is C13H11F3N2O2. The van der Waals surface area contributed by atoms with Gasteiger partial charge in [-0.15, -0.1) is 0 Å². The molecule has 1 aliphatic carbocycles. The Morgan fingerprint density at radius 2 is 2.30 bits per heavy atom. The van der Waals surface area contributed by atoms with Crippen LogP contribution in [0.25, 0.3) is 5.70 Å². The molecular weight excluding hydrogens is 273 g/mol. The van der Waals surface area contributed by atoms with E-state index in [1.165, 1.54) is 6.08 Å². The third-order valence-electron chi connectivity index (χ3n) is 2.85. The summed E-state index contributed by atoms with van der Waals surface area (Å²) in [6.07, 6.45) is 4.34. The molecule has 0 saturated heterocycles. The van der Waals surface area contributed by atoms with Gasteiger partial charge in [0.05, 0.1) is 5.70 Å². The normalized spacial score (nSPS) is 18.8. The van der Waals surface area contributed by atoms with Gasteiger partial charge in [-0.1, -0.05) is 18.7 Å². The highest BCUT2D eigenvalue weighted by molar-refractivity contribution is 5.89. The van der Waals surface area contributed by atoms with E-state index in [4.69, 9.17) is 5.11 Å². The second-order valence-electron chi connectivity index (χ2n) is 4.19. The Morgan fingerprint density at radius 1 is 1.60 bits per heavy atom. The Kier molecular flexibility index (Phi) is 3.52.